The molecule has 1 saturated carbocycles. The van der Waals surface area contributed by atoms with Crippen molar-refractivity contribution in [3.05, 3.63) is 0 Å². The van der Waals surface area contributed by atoms with Gasteiger partial charge >= 0.3 is 6.09 Å². The van der Waals surface area contributed by atoms with Gasteiger partial charge in [-0.1, -0.05) is 6.92 Å². The zero-order valence-corrected chi connectivity index (χ0v) is 14.4. The summed E-state index contributed by atoms with van der Waals surface area (Å²) in [7, 11) is 0. The van der Waals surface area contributed by atoms with Gasteiger partial charge in [0, 0.05) is 32.7 Å². The third-order valence-electron chi connectivity index (χ3n) is 4.54. The van der Waals surface area contributed by atoms with Crippen LogP contribution >= 0.6 is 0 Å². The molecule has 0 aromatic carbocycles. The predicted octanol–water partition coefficient (Wildman–Crippen LogP) is 2.04. The highest BCUT2D eigenvalue weighted by Crippen LogP contribution is 2.48. The van der Waals surface area contributed by atoms with E-state index in [9.17, 15) is 4.79 Å². The number of carbonyl (C=O) groups is 1. The Morgan fingerprint density at radius 2 is 1.73 bits per heavy atom. The number of ether oxygens (including phenoxy) is 1. The molecule has 2 N–H and O–H groups in total. The minimum Gasteiger partial charge on any atom is -0.444 e. The van der Waals surface area contributed by atoms with Crippen molar-refractivity contribution in [1.82, 2.24) is 9.80 Å². The van der Waals surface area contributed by atoms with Crippen molar-refractivity contribution in [2.24, 2.45) is 16.1 Å². The third-order valence-corrected chi connectivity index (χ3v) is 4.54. The lowest BCUT2D eigenvalue weighted by Crippen LogP contribution is -2.53. The Labute approximate surface area is 133 Å². The van der Waals surface area contributed by atoms with Crippen LogP contribution < -0.4 is 5.73 Å². The lowest BCUT2D eigenvalue weighted by molar-refractivity contribution is 0.0186. The third kappa shape index (κ3) is 4.52. The van der Waals surface area contributed by atoms with Gasteiger partial charge in [0.05, 0.1) is 0 Å². The molecule has 1 saturated heterocycles. The van der Waals surface area contributed by atoms with Gasteiger partial charge in [-0.3, -0.25) is 4.99 Å². The first-order valence-electron chi connectivity index (χ1n) is 8.27. The van der Waals surface area contributed by atoms with Crippen molar-refractivity contribution in [3.8, 4) is 0 Å². The Morgan fingerprint density at radius 3 is 2.18 bits per heavy atom. The largest absolute Gasteiger partial charge is 0.444 e. The SMILES string of the molecule is CCC1(CN=C(N)N2CCN(C(=O)OC(C)(C)C)CC2)CC1. The monoisotopic (exact) mass is 310 g/mol. The molecule has 0 atom stereocenters. The summed E-state index contributed by atoms with van der Waals surface area (Å²) in [6.07, 6.45) is 3.47. The molecule has 2 rings (SSSR count). The van der Waals surface area contributed by atoms with Crippen LogP contribution in [0.4, 0.5) is 4.79 Å². The standard InChI is InChI=1S/C16H30N4O2/c1-5-16(6-7-16)12-18-13(17)19-8-10-20(11-9-19)14(21)22-15(2,3)4/h5-12H2,1-4H3,(H2,17,18). The lowest BCUT2D eigenvalue weighted by atomic mass is 10.1. The van der Waals surface area contributed by atoms with E-state index in [2.05, 4.69) is 16.8 Å². The Bertz CT molecular complexity index is 430. The quantitative estimate of drug-likeness (QED) is 0.639. The smallest absolute Gasteiger partial charge is 0.410 e. The zero-order valence-electron chi connectivity index (χ0n) is 14.4. The highest BCUT2D eigenvalue weighted by Gasteiger charge is 2.40. The van der Waals surface area contributed by atoms with Crippen LogP contribution in [-0.2, 0) is 4.74 Å². The number of nitrogens with zero attached hydrogens (tertiary/aromatic N) is 3. The molecule has 0 radical (unpaired) electrons. The van der Waals surface area contributed by atoms with E-state index < -0.39 is 5.60 Å². The van der Waals surface area contributed by atoms with Gasteiger partial charge in [0.25, 0.3) is 0 Å². The molecule has 0 unspecified atom stereocenters. The van der Waals surface area contributed by atoms with Crippen LogP contribution in [0, 0.1) is 5.41 Å². The highest BCUT2D eigenvalue weighted by molar-refractivity contribution is 5.78. The number of amides is 1. The van der Waals surface area contributed by atoms with Gasteiger partial charge in [-0.2, -0.15) is 0 Å². The van der Waals surface area contributed by atoms with E-state index in [0.29, 0.717) is 37.6 Å². The van der Waals surface area contributed by atoms with Crippen LogP contribution in [0.2, 0.25) is 0 Å². The van der Waals surface area contributed by atoms with E-state index >= 15 is 0 Å². The minimum absolute atomic E-state index is 0.245. The molecule has 1 heterocycles. The van der Waals surface area contributed by atoms with E-state index in [1.54, 1.807) is 4.90 Å². The van der Waals surface area contributed by atoms with Crippen LogP contribution in [0.3, 0.4) is 0 Å². The summed E-state index contributed by atoms with van der Waals surface area (Å²) in [5.74, 6) is 0.614. The first kappa shape index (κ1) is 16.9. The molecule has 0 aromatic heterocycles. The van der Waals surface area contributed by atoms with Gasteiger partial charge in [-0.05, 0) is 45.4 Å². The van der Waals surface area contributed by atoms with Crippen molar-refractivity contribution < 1.29 is 9.53 Å². The van der Waals surface area contributed by atoms with E-state index in [1.807, 2.05) is 20.8 Å². The van der Waals surface area contributed by atoms with Crippen molar-refractivity contribution in [3.63, 3.8) is 0 Å². The number of nitrogens with two attached hydrogens (primary N) is 1. The summed E-state index contributed by atoms with van der Waals surface area (Å²) < 4.78 is 5.39. The summed E-state index contributed by atoms with van der Waals surface area (Å²) in [5, 5.41) is 0. The van der Waals surface area contributed by atoms with Crippen molar-refractivity contribution >= 4 is 12.1 Å². The van der Waals surface area contributed by atoms with Crippen LogP contribution in [0.25, 0.3) is 0 Å². The molecule has 6 heteroatoms. The second-order valence-corrected chi connectivity index (χ2v) is 7.48. The first-order chi connectivity index (χ1) is 10.2. The summed E-state index contributed by atoms with van der Waals surface area (Å²) >= 11 is 0. The van der Waals surface area contributed by atoms with Crippen LogP contribution in [0.15, 0.2) is 4.99 Å². The first-order valence-corrected chi connectivity index (χ1v) is 8.27. The zero-order chi connectivity index (χ0) is 16.4. The van der Waals surface area contributed by atoms with Gasteiger partial charge in [0.1, 0.15) is 5.60 Å². The predicted molar refractivity (Wildman–Crippen MR) is 87.8 cm³/mol. The minimum atomic E-state index is -0.451. The molecule has 6 nitrogen and oxygen atoms in total. The summed E-state index contributed by atoms with van der Waals surface area (Å²) in [5.41, 5.74) is 6.07. The van der Waals surface area contributed by atoms with Crippen molar-refractivity contribution in [2.75, 3.05) is 32.7 Å². The second kappa shape index (κ2) is 6.34. The number of hydrogen-bond acceptors (Lipinski definition) is 3. The second-order valence-electron chi connectivity index (χ2n) is 7.48. The Balaban J connectivity index is 1.79. The van der Waals surface area contributed by atoms with E-state index in [0.717, 1.165) is 6.54 Å². The highest BCUT2D eigenvalue weighted by atomic mass is 16.6. The van der Waals surface area contributed by atoms with Gasteiger partial charge in [-0.15, -0.1) is 0 Å². The van der Waals surface area contributed by atoms with Crippen molar-refractivity contribution in [2.45, 2.75) is 52.6 Å². The fourth-order valence-corrected chi connectivity index (χ4v) is 2.59. The van der Waals surface area contributed by atoms with E-state index in [-0.39, 0.29) is 6.09 Å². The number of carbonyl (C=O) groups excluding carboxylic acids is 1. The molecule has 0 spiro atoms. The molecule has 0 bridgehead atoms. The fraction of sp³-hybridized carbons (Fsp3) is 0.875. The molecule has 2 aliphatic rings. The van der Waals surface area contributed by atoms with Gasteiger partial charge in [-0.25, -0.2) is 4.79 Å². The lowest BCUT2D eigenvalue weighted by Gasteiger charge is -2.36. The van der Waals surface area contributed by atoms with Crippen molar-refractivity contribution in [1.29, 1.82) is 0 Å². The number of hydrogen-bond donors (Lipinski definition) is 1. The van der Waals surface area contributed by atoms with Crippen LogP contribution in [0.1, 0.15) is 47.0 Å². The van der Waals surface area contributed by atoms with E-state index in [4.69, 9.17) is 10.5 Å². The average molecular weight is 310 g/mol. The Hall–Kier alpha value is -1.46. The molecule has 1 aliphatic heterocycles. The number of guanidine groups is 1. The molecule has 1 amide bonds. The molecule has 22 heavy (non-hydrogen) atoms. The van der Waals surface area contributed by atoms with Gasteiger partial charge in [0.15, 0.2) is 5.96 Å². The number of aliphatic imine (C=N–C) groups is 1. The van der Waals surface area contributed by atoms with Gasteiger partial charge in [0.2, 0.25) is 0 Å². The molecular formula is C16H30N4O2. The molecule has 1 aliphatic carbocycles. The van der Waals surface area contributed by atoms with E-state index in [1.165, 1.54) is 19.3 Å². The normalized spacial score (nSPS) is 21.7. The topological polar surface area (TPSA) is 71.2 Å². The Kier molecular flexibility index (Phi) is 4.87. The fourth-order valence-electron chi connectivity index (χ4n) is 2.59. The summed E-state index contributed by atoms with van der Waals surface area (Å²) in [4.78, 5) is 20.4. The van der Waals surface area contributed by atoms with Crippen LogP contribution in [0.5, 0.6) is 0 Å². The Morgan fingerprint density at radius 1 is 1.18 bits per heavy atom. The van der Waals surface area contributed by atoms with Gasteiger partial charge < -0.3 is 20.3 Å². The van der Waals surface area contributed by atoms with Crippen LogP contribution in [-0.4, -0.2) is 60.2 Å². The number of rotatable bonds is 3. The average Bonchev–Trinajstić information content (AvgIpc) is 3.24. The maximum absolute atomic E-state index is 12.0. The molecule has 0 aromatic rings. The number of piperazine rings is 1. The maximum Gasteiger partial charge on any atom is 0.410 e. The molecule has 2 fully saturated rings. The maximum atomic E-state index is 12.0. The molecule has 126 valence electrons. The summed E-state index contributed by atoms with van der Waals surface area (Å²) in [6.45, 7) is 11.4. The summed E-state index contributed by atoms with van der Waals surface area (Å²) in [6, 6.07) is 0. The molecular weight excluding hydrogens is 280 g/mol.